The molecule has 0 radical (unpaired) electrons. The first kappa shape index (κ1) is 27.1. The minimum absolute atomic E-state index is 0.0381. The molecule has 0 saturated heterocycles. The van der Waals surface area contributed by atoms with Crippen molar-refractivity contribution in [3.8, 4) is 11.7 Å². The van der Waals surface area contributed by atoms with Gasteiger partial charge in [0.25, 0.3) is 17.8 Å². The van der Waals surface area contributed by atoms with Gasteiger partial charge in [0.05, 0.1) is 24.6 Å². The smallest absolute Gasteiger partial charge is 0.351 e. The Kier molecular flexibility index (Phi) is 8.80. The van der Waals surface area contributed by atoms with Gasteiger partial charge >= 0.3 is 5.63 Å². The van der Waals surface area contributed by atoms with Crippen LogP contribution in [0.1, 0.15) is 29.8 Å². The molecule has 0 fully saturated rings. The molecule has 0 aliphatic heterocycles. The number of anilines is 2. The third-order valence-corrected chi connectivity index (χ3v) is 4.50. The van der Waals surface area contributed by atoms with Gasteiger partial charge in [0, 0.05) is 11.4 Å². The Bertz CT molecular complexity index is 1190. The van der Waals surface area contributed by atoms with Gasteiger partial charge in [0.1, 0.15) is 16.9 Å². The molecule has 0 bridgehead atoms. The van der Waals surface area contributed by atoms with Gasteiger partial charge < -0.3 is 45.7 Å². The number of carbonyl (C=O) groups excluding carboxylic acids is 3. The van der Waals surface area contributed by atoms with Gasteiger partial charge in [0.2, 0.25) is 0 Å². The van der Waals surface area contributed by atoms with Crippen LogP contribution in [0.15, 0.2) is 32.4 Å². The van der Waals surface area contributed by atoms with E-state index >= 15 is 0 Å². The molecule has 8 N–H and O–H groups in total. The lowest BCUT2D eigenvalue weighted by molar-refractivity contribution is -0.126. The molecular weight excluding hydrogens is 470 g/mol. The van der Waals surface area contributed by atoms with Crippen LogP contribution >= 0.6 is 0 Å². The number of ketones is 1. The molecule has 1 heterocycles. The third kappa shape index (κ3) is 6.48. The maximum absolute atomic E-state index is 12.2. The molecule has 2 rings (SSSR count). The Hall–Kier alpha value is -4.11. The van der Waals surface area contributed by atoms with Gasteiger partial charge in [-0.25, -0.2) is 4.79 Å². The molecule has 2 atom stereocenters. The zero-order valence-electron chi connectivity index (χ0n) is 18.5. The zero-order chi connectivity index (χ0) is 26.4. The molecule has 0 aliphatic carbocycles. The molecule has 188 valence electrons. The van der Waals surface area contributed by atoms with E-state index in [1.54, 1.807) is 0 Å². The number of aliphatic hydroxyl groups excluding tert-OH is 4. The zero-order valence-corrected chi connectivity index (χ0v) is 18.5. The first-order valence-electron chi connectivity index (χ1n) is 9.89. The Balaban J connectivity index is 2.60. The first-order valence-corrected chi connectivity index (χ1v) is 9.89. The summed E-state index contributed by atoms with van der Waals surface area (Å²) in [6, 6.07) is 3.67. The van der Waals surface area contributed by atoms with Crippen molar-refractivity contribution < 1.29 is 49.4 Å². The predicted octanol–water partition coefficient (Wildman–Crippen LogP) is -1.02. The molecule has 0 spiro atoms. The molecule has 2 unspecified atom stereocenters. The van der Waals surface area contributed by atoms with Crippen molar-refractivity contribution in [1.82, 2.24) is 0 Å². The third-order valence-electron chi connectivity index (χ3n) is 4.50. The highest BCUT2D eigenvalue weighted by atomic mass is 16.5. The van der Waals surface area contributed by atoms with Crippen molar-refractivity contribution in [3.05, 3.63) is 39.7 Å². The summed E-state index contributed by atoms with van der Waals surface area (Å²) >= 11 is 0. The highest BCUT2D eigenvalue weighted by Gasteiger charge is 2.24. The number of carbonyl (C=O) groups is 3. The van der Waals surface area contributed by atoms with Crippen LogP contribution in [0.2, 0.25) is 0 Å². The van der Waals surface area contributed by atoms with E-state index in [1.165, 1.54) is 25.1 Å². The summed E-state index contributed by atoms with van der Waals surface area (Å²) in [5.41, 5.74) is -2.71. The molecule has 1 aromatic carbocycles. The van der Waals surface area contributed by atoms with Crippen molar-refractivity contribution in [2.45, 2.75) is 26.1 Å². The van der Waals surface area contributed by atoms with Gasteiger partial charge in [-0.1, -0.05) is 0 Å². The van der Waals surface area contributed by atoms with Crippen LogP contribution in [0.5, 0.6) is 11.7 Å². The van der Waals surface area contributed by atoms with E-state index in [0.717, 1.165) is 6.92 Å². The number of benzene rings is 1. The summed E-state index contributed by atoms with van der Waals surface area (Å²) in [7, 11) is 0. The number of nitrogens with one attached hydrogen (secondary N) is 2. The number of Topliss-reactive ketones (excluding diaryl/α,β-unsaturated/α-hetero) is 1. The fourth-order valence-corrected chi connectivity index (χ4v) is 2.84. The SMILES string of the molecule is CC(=O)c1c(O)oc(=O)c(C(C)=Nc2cc(NC(=O)C(O)CO)cc(NC(=O)C(O)CO)c2)c1O. The maximum atomic E-state index is 12.2. The Morgan fingerprint density at radius 1 is 0.914 bits per heavy atom. The molecule has 0 aliphatic rings. The quantitative estimate of drug-likeness (QED) is 0.155. The molecule has 35 heavy (non-hydrogen) atoms. The molecule has 2 aromatic rings. The largest absolute Gasteiger partial charge is 0.506 e. The number of nitrogens with zero attached hydrogens (tertiary/aromatic N) is 1. The number of hydrogen-bond donors (Lipinski definition) is 8. The second-order valence-electron chi connectivity index (χ2n) is 7.19. The average Bonchev–Trinajstić information content (AvgIpc) is 2.76. The summed E-state index contributed by atoms with van der Waals surface area (Å²) in [5, 5.41) is 61.4. The van der Waals surface area contributed by atoms with E-state index in [0.29, 0.717) is 0 Å². The van der Waals surface area contributed by atoms with Crippen molar-refractivity contribution in [2.75, 3.05) is 23.8 Å². The van der Waals surface area contributed by atoms with Crippen molar-refractivity contribution in [3.63, 3.8) is 0 Å². The Morgan fingerprint density at radius 3 is 1.83 bits per heavy atom. The van der Waals surface area contributed by atoms with Gasteiger partial charge in [0.15, 0.2) is 18.0 Å². The summed E-state index contributed by atoms with van der Waals surface area (Å²) < 4.78 is 4.59. The topological polar surface area (TPSA) is 239 Å². The summed E-state index contributed by atoms with van der Waals surface area (Å²) in [4.78, 5) is 51.9. The minimum atomic E-state index is -1.76. The molecular formula is C21H23N3O11. The van der Waals surface area contributed by atoms with E-state index < -0.39 is 71.5 Å². The fourth-order valence-electron chi connectivity index (χ4n) is 2.84. The van der Waals surface area contributed by atoms with Crippen LogP contribution in [0.3, 0.4) is 0 Å². The molecule has 14 heteroatoms. The highest BCUT2D eigenvalue weighted by molar-refractivity contribution is 6.07. The van der Waals surface area contributed by atoms with Crippen LogP contribution in [0, 0.1) is 0 Å². The number of aliphatic imine (C=N–C) groups is 1. The Labute approximate surface area is 196 Å². The lowest BCUT2D eigenvalue weighted by atomic mass is 10.1. The van der Waals surface area contributed by atoms with Crippen molar-refractivity contribution in [2.24, 2.45) is 4.99 Å². The van der Waals surface area contributed by atoms with Crippen LogP contribution < -0.4 is 16.3 Å². The monoisotopic (exact) mass is 493 g/mol. The standard InChI is InChI=1S/C21H23N3O11/c1-8(15-17(30)16(9(2)27)21(34)35-20(15)33)22-10-3-11(23-18(31)13(28)6-25)5-12(4-10)24-19(32)14(29)7-26/h3-5,13-14,25-26,28-30,34H,6-7H2,1-2H3,(H,23,31)(H,24,32). The average molecular weight is 493 g/mol. The summed E-state index contributed by atoms with van der Waals surface area (Å²) in [5.74, 6) is -4.74. The fraction of sp³-hybridized carbons (Fsp3) is 0.286. The second-order valence-corrected chi connectivity index (χ2v) is 7.19. The van der Waals surface area contributed by atoms with Gasteiger partial charge in [-0.3, -0.25) is 19.4 Å². The van der Waals surface area contributed by atoms with E-state index in [1.807, 2.05) is 0 Å². The van der Waals surface area contributed by atoms with Crippen molar-refractivity contribution >= 4 is 40.4 Å². The van der Waals surface area contributed by atoms with Crippen molar-refractivity contribution in [1.29, 1.82) is 0 Å². The number of aromatic hydroxyl groups is 2. The molecule has 0 saturated carbocycles. The van der Waals surface area contributed by atoms with E-state index in [2.05, 4.69) is 20.0 Å². The predicted molar refractivity (Wildman–Crippen MR) is 120 cm³/mol. The highest BCUT2D eigenvalue weighted by Crippen LogP contribution is 2.31. The lowest BCUT2D eigenvalue weighted by Gasteiger charge is -2.14. The lowest BCUT2D eigenvalue weighted by Crippen LogP contribution is -2.31. The van der Waals surface area contributed by atoms with Gasteiger partial charge in [-0.05, 0) is 32.0 Å². The molecule has 2 amide bonds. The second kappa shape index (κ2) is 11.3. The number of hydrogen-bond acceptors (Lipinski definition) is 12. The van der Waals surface area contributed by atoms with Crippen LogP contribution in [-0.4, -0.2) is 79.4 Å². The first-order chi connectivity index (χ1) is 16.4. The molecule has 14 nitrogen and oxygen atoms in total. The van der Waals surface area contributed by atoms with E-state index in [-0.39, 0.29) is 22.8 Å². The number of amides is 2. The number of aliphatic hydroxyl groups is 4. The maximum Gasteiger partial charge on any atom is 0.351 e. The van der Waals surface area contributed by atoms with Crippen LogP contribution in [0.4, 0.5) is 17.1 Å². The normalized spacial score (nSPS) is 13.1. The van der Waals surface area contributed by atoms with Crippen LogP contribution in [-0.2, 0) is 9.59 Å². The minimum Gasteiger partial charge on any atom is -0.506 e. The summed E-state index contributed by atoms with van der Waals surface area (Å²) in [6.45, 7) is 0.544. The van der Waals surface area contributed by atoms with Crippen LogP contribution in [0.25, 0.3) is 0 Å². The molecule has 1 aromatic heterocycles. The number of rotatable bonds is 9. The van der Waals surface area contributed by atoms with E-state index in [4.69, 9.17) is 10.2 Å². The van der Waals surface area contributed by atoms with Gasteiger partial charge in [-0.2, -0.15) is 0 Å². The summed E-state index contributed by atoms with van der Waals surface area (Å²) in [6.07, 6.45) is -3.52. The van der Waals surface area contributed by atoms with Gasteiger partial charge in [-0.15, -0.1) is 0 Å². The Morgan fingerprint density at radius 2 is 1.40 bits per heavy atom. The van der Waals surface area contributed by atoms with E-state index in [9.17, 15) is 39.6 Å².